The van der Waals surface area contributed by atoms with Gasteiger partial charge in [-0.3, -0.25) is 4.79 Å². The summed E-state index contributed by atoms with van der Waals surface area (Å²) in [5.74, 6) is 0.595. The fourth-order valence-electron chi connectivity index (χ4n) is 3.05. The Morgan fingerprint density at radius 3 is 2.83 bits per heavy atom. The van der Waals surface area contributed by atoms with Gasteiger partial charge in [0.1, 0.15) is 12.6 Å². The smallest absolute Gasteiger partial charge is 0.323 e. The van der Waals surface area contributed by atoms with Gasteiger partial charge in [0.05, 0.1) is 6.61 Å². The lowest BCUT2D eigenvalue weighted by Crippen LogP contribution is -2.38. The average Bonchev–Trinajstić information content (AvgIpc) is 2.82. The van der Waals surface area contributed by atoms with E-state index in [0.29, 0.717) is 25.2 Å². The number of carbonyl (C=O) groups is 1. The van der Waals surface area contributed by atoms with E-state index in [1.807, 2.05) is 0 Å². The second-order valence-corrected chi connectivity index (χ2v) is 5.39. The predicted molar refractivity (Wildman–Crippen MR) is 69.4 cm³/mol. The number of carbonyl (C=O) groups excluding carboxylic acids is 1. The van der Waals surface area contributed by atoms with Gasteiger partial charge in [0.15, 0.2) is 0 Å². The van der Waals surface area contributed by atoms with Crippen molar-refractivity contribution in [2.45, 2.75) is 57.5 Å². The van der Waals surface area contributed by atoms with Crippen LogP contribution in [-0.4, -0.2) is 37.9 Å². The van der Waals surface area contributed by atoms with Gasteiger partial charge in [-0.25, -0.2) is 0 Å². The van der Waals surface area contributed by atoms with E-state index in [4.69, 9.17) is 9.47 Å². The molecule has 1 saturated heterocycles. The Labute approximate surface area is 109 Å². The van der Waals surface area contributed by atoms with E-state index < -0.39 is 0 Å². The Hall–Kier alpha value is -0.610. The topological polar surface area (TPSA) is 47.6 Å². The van der Waals surface area contributed by atoms with Crippen LogP contribution >= 0.6 is 0 Å². The van der Waals surface area contributed by atoms with E-state index in [0.717, 1.165) is 19.4 Å². The molecule has 1 aliphatic carbocycles. The van der Waals surface area contributed by atoms with Crippen LogP contribution in [0.15, 0.2) is 0 Å². The van der Waals surface area contributed by atoms with Crippen molar-refractivity contribution in [1.82, 2.24) is 5.32 Å². The Kier molecular flexibility index (Phi) is 5.45. The Morgan fingerprint density at radius 2 is 2.06 bits per heavy atom. The van der Waals surface area contributed by atoms with E-state index in [2.05, 4.69) is 12.2 Å². The Balaban J connectivity index is 1.64. The van der Waals surface area contributed by atoms with Gasteiger partial charge in [-0.2, -0.15) is 0 Å². The lowest BCUT2D eigenvalue weighted by atomic mass is 9.85. The van der Waals surface area contributed by atoms with Crippen molar-refractivity contribution in [2.24, 2.45) is 5.92 Å². The van der Waals surface area contributed by atoms with Crippen molar-refractivity contribution in [1.29, 1.82) is 0 Å². The molecular weight excluding hydrogens is 230 g/mol. The summed E-state index contributed by atoms with van der Waals surface area (Å²) in [6.07, 6.45) is 7.05. The molecule has 0 aromatic heterocycles. The molecule has 18 heavy (non-hydrogen) atoms. The van der Waals surface area contributed by atoms with Gasteiger partial charge < -0.3 is 14.8 Å². The third-order valence-electron chi connectivity index (χ3n) is 3.97. The molecule has 1 heterocycles. The molecule has 1 saturated carbocycles. The fourth-order valence-corrected chi connectivity index (χ4v) is 3.05. The first-order valence-electron chi connectivity index (χ1n) is 7.31. The summed E-state index contributed by atoms with van der Waals surface area (Å²) >= 11 is 0. The molecule has 4 heteroatoms. The van der Waals surface area contributed by atoms with Gasteiger partial charge in [-0.05, 0) is 31.6 Å². The van der Waals surface area contributed by atoms with Crippen LogP contribution in [0.2, 0.25) is 0 Å². The van der Waals surface area contributed by atoms with Crippen molar-refractivity contribution >= 4 is 5.97 Å². The zero-order chi connectivity index (χ0) is 12.8. The first kappa shape index (κ1) is 13.8. The van der Waals surface area contributed by atoms with Gasteiger partial charge >= 0.3 is 5.97 Å². The fraction of sp³-hybridized carbons (Fsp3) is 0.929. The molecule has 2 aliphatic rings. The van der Waals surface area contributed by atoms with Crippen LogP contribution in [0.1, 0.15) is 45.4 Å². The highest BCUT2D eigenvalue weighted by atomic mass is 16.6. The first-order chi connectivity index (χ1) is 8.81. The van der Waals surface area contributed by atoms with Crippen LogP contribution in [0.3, 0.4) is 0 Å². The summed E-state index contributed by atoms with van der Waals surface area (Å²) < 4.78 is 10.5. The zero-order valence-corrected chi connectivity index (χ0v) is 11.3. The standard InChI is InChI=1S/C14H25NO3/c1-2-7-17-8-9-18-14(16)13-10-11-5-3-4-6-12(11)15-13/h11-13,15H,2-10H2,1H3. The van der Waals surface area contributed by atoms with E-state index in [9.17, 15) is 4.79 Å². The van der Waals surface area contributed by atoms with Crippen LogP contribution in [-0.2, 0) is 14.3 Å². The molecule has 2 fully saturated rings. The molecule has 0 spiro atoms. The molecule has 104 valence electrons. The SMILES string of the molecule is CCCOCCOC(=O)C1CC2CCCCC2N1. The van der Waals surface area contributed by atoms with E-state index in [-0.39, 0.29) is 12.0 Å². The van der Waals surface area contributed by atoms with Crippen LogP contribution in [0.25, 0.3) is 0 Å². The summed E-state index contributed by atoms with van der Waals surface area (Å²) in [7, 11) is 0. The molecule has 2 rings (SSSR count). The maximum Gasteiger partial charge on any atom is 0.323 e. The molecule has 0 aromatic carbocycles. The maximum atomic E-state index is 11.9. The average molecular weight is 255 g/mol. The predicted octanol–water partition coefficient (Wildman–Crippen LogP) is 1.88. The summed E-state index contributed by atoms with van der Waals surface area (Å²) in [4.78, 5) is 11.9. The first-order valence-corrected chi connectivity index (χ1v) is 7.31. The number of esters is 1. The number of hydrogen-bond donors (Lipinski definition) is 1. The van der Waals surface area contributed by atoms with Gasteiger partial charge in [0, 0.05) is 12.6 Å². The van der Waals surface area contributed by atoms with E-state index in [1.54, 1.807) is 0 Å². The number of fused-ring (bicyclic) bond motifs is 1. The second kappa shape index (κ2) is 7.10. The number of ether oxygens (including phenoxy) is 2. The summed E-state index contributed by atoms with van der Waals surface area (Å²) in [5, 5.41) is 3.43. The zero-order valence-electron chi connectivity index (χ0n) is 11.3. The minimum absolute atomic E-state index is 0.0794. The molecule has 1 N–H and O–H groups in total. The molecular formula is C14H25NO3. The molecule has 3 atom stereocenters. The molecule has 0 radical (unpaired) electrons. The minimum Gasteiger partial charge on any atom is -0.462 e. The molecule has 4 nitrogen and oxygen atoms in total. The van der Waals surface area contributed by atoms with Crippen molar-refractivity contribution in [2.75, 3.05) is 19.8 Å². The summed E-state index contributed by atoms with van der Waals surface area (Å²) in [6.45, 7) is 3.70. The van der Waals surface area contributed by atoms with Gasteiger partial charge in [0.25, 0.3) is 0 Å². The van der Waals surface area contributed by atoms with Crippen LogP contribution in [0, 0.1) is 5.92 Å². The lowest BCUT2D eigenvalue weighted by Gasteiger charge is -2.24. The van der Waals surface area contributed by atoms with E-state index in [1.165, 1.54) is 25.7 Å². The van der Waals surface area contributed by atoms with Crippen molar-refractivity contribution < 1.29 is 14.3 Å². The highest BCUT2D eigenvalue weighted by Crippen LogP contribution is 2.33. The Bertz CT molecular complexity index is 256. The monoisotopic (exact) mass is 255 g/mol. The van der Waals surface area contributed by atoms with Gasteiger partial charge in [-0.1, -0.05) is 19.8 Å². The molecule has 0 amide bonds. The molecule has 1 aliphatic heterocycles. The summed E-state index contributed by atoms with van der Waals surface area (Å²) in [5.41, 5.74) is 0. The normalized spacial score (nSPS) is 31.1. The van der Waals surface area contributed by atoms with Crippen molar-refractivity contribution in [3.8, 4) is 0 Å². The number of rotatable bonds is 6. The van der Waals surface area contributed by atoms with Crippen LogP contribution < -0.4 is 5.32 Å². The maximum absolute atomic E-state index is 11.9. The third kappa shape index (κ3) is 3.69. The highest BCUT2D eigenvalue weighted by Gasteiger charge is 2.38. The Morgan fingerprint density at radius 1 is 1.22 bits per heavy atom. The highest BCUT2D eigenvalue weighted by molar-refractivity contribution is 5.76. The lowest BCUT2D eigenvalue weighted by molar-refractivity contribution is -0.147. The third-order valence-corrected chi connectivity index (χ3v) is 3.97. The minimum atomic E-state index is -0.0931. The summed E-state index contributed by atoms with van der Waals surface area (Å²) in [6, 6.07) is 0.469. The van der Waals surface area contributed by atoms with E-state index >= 15 is 0 Å². The van der Waals surface area contributed by atoms with Gasteiger partial charge in [0.2, 0.25) is 0 Å². The number of hydrogen-bond acceptors (Lipinski definition) is 4. The van der Waals surface area contributed by atoms with Crippen LogP contribution in [0.4, 0.5) is 0 Å². The molecule has 0 aromatic rings. The van der Waals surface area contributed by atoms with Crippen molar-refractivity contribution in [3.05, 3.63) is 0 Å². The quantitative estimate of drug-likeness (QED) is 0.581. The second-order valence-electron chi connectivity index (χ2n) is 5.39. The van der Waals surface area contributed by atoms with Gasteiger partial charge in [-0.15, -0.1) is 0 Å². The van der Waals surface area contributed by atoms with Crippen molar-refractivity contribution in [3.63, 3.8) is 0 Å². The molecule has 0 bridgehead atoms. The largest absolute Gasteiger partial charge is 0.462 e. The number of nitrogens with one attached hydrogen (secondary N) is 1. The molecule has 3 unspecified atom stereocenters. The van der Waals surface area contributed by atoms with Crippen LogP contribution in [0.5, 0.6) is 0 Å².